The number of hydrogen-bond acceptors (Lipinski definition) is 1. The molecular formula is C12H16ClN. The molecule has 2 heteroatoms. The molecule has 0 radical (unpaired) electrons. The van der Waals surface area contributed by atoms with Gasteiger partial charge in [0, 0.05) is 11.1 Å². The molecule has 0 aliphatic rings. The molecule has 0 aromatic heterocycles. The van der Waals surface area contributed by atoms with E-state index >= 15 is 0 Å². The normalized spacial score (nSPS) is 12.6. The van der Waals surface area contributed by atoms with Gasteiger partial charge in [-0.3, -0.25) is 0 Å². The van der Waals surface area contributed by atoms with E-state index in [2.05, 4.69) is 6.58 Å². The van der Waals surface area contributed by atoms with Gasteiger partial charge in [0.05, 0.1) is 0 Å². The van der Waals surface area contributed by atoms with Crippen LogP contribution >= 0.6 is 11.6 Å². The second kappa shape index (κ2) is 4.63. The highest BCUT2D eigenvalue weighted by atomic mass is 35.5. The van der Waals surface area contributed by atoms with Gasteiger partial charge in [0.1, 0.15) is 0 Å². The highest BCUT2D eigenvalue weighted by Gasteiger charge is 2.09. The van der Waals surface area contributed by atoms with Gasteiger partial charge in [-0.25, -0.2) is 0 Å². The first-order valence-electron chi connectivity index (χ1n) is 4.66. The van der Waals surface area contributed by atoms with Crippen molar-refractivity contribution in [2.45, 2.75) is 26.3 Å². The molecule has 0 spiro atoms. The van der Waals surface area contributed by atoms with Crippen LogP contribution in [-0.4, -0.2) is 0 Å². The van der Waals surface area contributed by atoms with Crippen LogP contribution in [0.2, 0.25) is 5.02 Å². The Morgan fingerprint density at radius 3 is 2.71 bits per heavy atom. The van der Waals surface area contributed by atoms with Gasteiger partial charge in [-0.15, -0.1) is 6.58 Å². The Morgan fingerprint density at radius 1 is 1.57 bits per heavy atom. The minimum Gasteiger partial charge on any atom is -0.324 e. The smallest absolute Gasteiger partial charge is 0.0456 e. The van der Waals surface area contributed by atoms with Crippen molar-refractivity contribution in [3.8, 4) is 0 Å². The number of rotatable bonds is 3. The quantitative estimate of drug-likeness (QED) is 0.757. The van der Waals surface area contributed by atoms with Crippen molar-refractivity contribution in [2.75, 3.05) is 0 Å². The Balaban J connectivity index is 2.90. The zero-order valence-electron chi connectivity index (χ0n) is 8.68. The zero-order valence-corrected chi connectivity index (χ0v) is 9.43. The van der Waals surface area contributed by atoms with E-state index in [1.807, 2.05) is 32.0 Å². The molecule has 0 aliphatic carbocycles. The van der Waals surface area contributed by atoms with Crippen molar-refractivity contribution in [1.29, 1.82) is 0 Å². The molecular weight excluding hydrogens is 194 g/mol. The second-order valence-electron chi connectivity index (χ2n) is 3.79. The summed E-state index contributed by atoms with van der Waals surface area (Å²) in [5.74, 6) is 0. The van der Waals surface area contributed by atoms with Gasteiger partial charge < -0.3 is 5.73 Å². The summed E-state index contributed by atoms with van der Waals surface area (Å²) in [6.07, 6.45) is 0.781. The van der Waals surface area contributed by atoms with Gasteiger partial charge >= 0.3 is 0 Å². The van der Waals surface area contributed by atoms with Crippen LogP contribution in [0.4, 0.5) is 0 Å². The van der Waals surface area contributed by atoms with Gasteiger partial charge in [0.2, 0.25) is 0 Å². The maximum atomic E-state index is 6.10. The summed E-state index contributed by atoms with van der Waals surface area (Å²) in [4.78, 5) is 0. The first kappa shape index (κ1) is 11.3. The molecule has 1 nitrogen and oxygen atoms in total. The second-order valence-corrected chi connectivity index (χ2v) is 4.20. The van der Waals surface area contributed by atoms with Crippen LogP contribution in [0, 0.1) is 6.92 Å². The molecule has 14 heavy (non-hydrogen) atoms. The van der Waals surface area contributed by atoms with E-state index in [1.54, 1.807) is 0 Å². The zero-order chi connectivity index (χ0) is 10.7. The molecule has 0 fully saturated rings. The first-order chi connectivity index (χ1) is 6.50. The van der Waals surface area contributed by atoms with Gasteiger partial charge in [-0.1, -0.05) is 29.3 Å². The average Bonchev–Trinajstić information content (AvgIpc) is 2.01. The fourth-order valence-corrected chi connectivity index (χ4v) is 1.79. The third-order valence-corrected chi connectivity index (χ3v) is 2.45. The lowest BCUT2D eigenvalue weighted by Crippen LogP contribution is -2.11. The molecule has 1 aromatic carbocycles. The Labute approximate surface area is 90.6 Å². The lowest BCUT2D eigenvalue weighted by Gasteiger charge is -2.13. The van der Waals surface area contributed by atoms with Gasteiger partial charge in [-0.05, 0) is 37.5 Å². The van der Waals surface area contributed by atoms with Crippen molar-refractivity contribution in [3.63, 3.8) is 0 Å². The number of benzene rings is 1. The molecule has 1 unspecified atom stereocenters. The van der Waals surface area contributed by atoms with Crippen LogP contribution in [0.3, 0.4) is 0 Å². The maximum Gasteiger partial charge on any atom is 0.0456 e. The van der Waals surface area contributed by atoms with Crippen molar-refractivity contribution in [3.05, 3.63) is 46.5 Å². The molecule has 0 heterocycles. The predicted octanol–water partition coefficient (Wildman–Crippen LogP) is 3.61. The van der Waals surface area contributed by atoms with E-state index in [-0.39, 0.29) is 6.04 Å². The van der Waals surface area contributed by atoms with Crippen LogP contribution in [0.5, 0.6) is 0 Å². The molecule has 1 atom stereocenters. The highest BCUT2D eigenvalue weighted by Crippen LogP contribution is 2.26. The lowest BCUT2D eigenvalue weighted by atomic mass is 10.0. The third-order valence-electron chi connectivity index (χ3n) is 2.12. The fraction of sp³-hybridized carbons (Fsp3) is 0.333. The molecule has 0 saturated heterocycles. The summed E-state index contributed by atoms with van der Waals surface area (Å²) >= 11 is 6.10. The van der Waals surface area contributed by atoms with E-state index < -0.39 is 0 Å². The maximum absolute atomic E-state index is 6.10. The Bertz CT molecular complexity index is 344. The monoisotopic (exact) mass is 209 g/mol. The summed E-state index contributed by atoms with van der Waals surface area (Å²) in [7, 11) is 0. The van der Waals surface area contributed by atoms with E-state index in [1.165, 1.54) is 0 Å². The minimum absolute atomic E-state index is 0.0411. The lowest BCUT2D eigenvalue weighted by molar-refractivity contribution is 0.717. The van der Waals surface area contributed by atoms with Crippen LogP contribution in [0.1, 0.15) is 30.5 Å². The topological polar surface area (TPSA) is 26.0 Å². The van der Waals surface area contributed by atoms with Crippen molar-refractivity contribution in [1.82, 2.24) is 0 Å². The summed E-state index contributed by atoms with van der Waals surface area (Å²) in [6.45, 7) is 7.83. The van der Waals surface area contributed by atoms with Gasteiger partial charge in [0.25, 0.3) is 0 Å². The van der Waals surface area contributed by atoms with Crippen LogP contribution in [0.15, 0.2) is 30.4 Å². The largest absolute Gasteiger partial charge is 0.324 e. The molecule has 0 saturated carbocycles. The highest BCUT2D eigenvalue weighted by molar-refractivity contribution is 6.31. The minimum atomic E-state index is -0.0411. The van der Waals surface area contributed by atoms with E-state index in [4.69, 9.17) is 17.3 Å². The van der Waals surface area contributed by atoms with Gasteiger partial charge in [0.15, 0.2) is 0 Å². The fourth-order valence-electron chi connectivity index (χ4n) is 1.42. The first-order valence-corrected chi connectivity index (χ1v) is 5.04. The SMILES string of the molecule is C=C(C)CC(N)c1ccc(C)cc1Cl. The van der Waals surface area contributed by atoms with Gasteiger partial charge in [-0.2, -0.15) is 0 Å². The molecule has 2 N–H and O–H groups in total. The number of nitrogens with two attached hydrogens (primary N) is 1. The molecule has 76 valence electrons. The number of aryl methyl sites for hydroxylation is 1. The van der Waals surface area contributed by atoms with Crippen molar-refractivity contribution >= 4 is 11.6 Å². The summed E-state index contributed by atoms with van der Waals surface area (Å²) in [6, 6.07) is 5.92. The standard InChI is InChI=1S/C12H16ClN/c1-8(2)6-12(14)10-5-4-9(3)7-11(10)13/h4-5,7,12H,1,6,14H2,2-3H3. The van der Waals surface area contributed by atoms with Crippen LogP contribution in [0.25, 0.3) is 0 Å². The van der Waals surface area contributed by atoms with Crippen LogP contribution in [-0.2, 0) is 0 Å². The molecule has 0 bridgehead atoms. The Hall–Kier alpha value is -0.790. The number of halogens is 1. The molecule has 0 amide bonds. The van der Waals surface area contributed by atoms with Crippen LogP contribution < -0.4 is 5.73 Å². The van der Waals surface area contributed by atoms with E-state index in [0.717, 1.165) is 28.1 Å². The summed E-state index contributed by atoms with van der Waals surface area (Å²) in [5.41, 5.74) is 9.23. The molecule has 1 rings (SSSR count). The van der Waals surface area contributed by atoms with E-state index in [9.17, 15) is 0 Å². The Kier molecular flexibility index (Phi) is 3.73. The molecule has 1 aromatic rings. The number of hydrogen-bond donors (Lipinski definition) is 1. The summed E-state index contributed by atoms with van der Waals surface area (Å²) in [5, 5.41) is 0.749. The summed E-state index contributed by atoms with van der Waals surface area (Å²) < 4.78 is 0. The van der Waals surface area contributed by atoms with Crippen molar-refractivity contribution < 1.29 is 0 Å². The predicted molar refractivity (Wildman–Crippen MR) is 62.5 cm³/mol. The third kappa shape index (κ3) is 2.86. The Morgan fingerprint density at radius 2 is 2.21 bits per heavy atom. The van der Waals surface area contributed by atoms with Crippen molar-refractivity contribution in [2.24, 2.45) is 5.73 Å². The molecule has 0 aliphatic heterocycles. The average molecular weight is 210 g/mol. The van der Waals surface area contributed by atoms with E-state index in [0.29, 0.717) is 0 Å².